The second-order valence-corrected chi connectivity index (χ2v) is 12.9. The van der Waals surface area contributed by atoms with Gasteiger partial charge in [-0.15, -0.1) is 0 Å². The van der Waals surface area contributed by atoms with Crippen molar-refractivity contribution >= 4 is 11.6 Å². The zero-order valence-corrected chi connectivity index (χ0v) is 22.0. The van der Waals surface area contributed by atoms with Crippen LogP contribution >= 0.6 is 0 Å². The molecule has 0 aromatic heterocycles. The number of fused-ring (bicyclic) bond motifs is 5. The average Bonchev–Trinajstić information content (AvgIpc) is 3.41. The van der Waals surface area contributed by atoms with E-state index in [-0.39, 0.29) is 28.9 Å². The zero-order valence-electron chi connectivity index (χ0n) is 22.0. The monoisotopic (exact) mass is 474 g/mol. The maximum Gasteiger partial charge on any atom is 0.240 e. The molecule has 4 nitrogen and oxygen atoms in total. The molecule has 5 aliphatic rings. The van der Waals surface area contributed by atoms with E-state index >= 15 is 0 Å². The Hall–Kier alpha value is -1.94. The molecular weight excluding hydrogens is 432 g/mol. The van der Waals surface area contributed by atoms with Gasteiger partial charge in [-0.25, -0.2) is 5.01 Å². The van der Waals surface area contributed by atoms with Crippen LogP contribution in [-0.4, -0.2) is 27.8 Å². The van der Waals surface area contributed by atoms with Crippen LogP contribution < -0.4 is 0 Å². The molecule has 1 amide bonds. The molecule has 3 saturated carbocycles. The van der Waals surface area contributed by atoms with Crippen molar-refractivity contribution in [2.45, 2.75) is 97.6 Å². The summed E-state index contributed by atoms with van der Waals surface area (Å²) in [5, 5.41) is 17.1. The van der Waals surface area contributed by atoms with Crippen LogP contribution in [0.5, 0.6) is 0 Å². The second-order valence-electron chi connectivity index (χ2n) is 12.9. The summed E-state index contributed by atoms with van der Waals surface area (Å²) in [7, 11) is 0. The Labute approximate surface area is 210 Å². The minimum absolute atomic E-state index is 0.0374. The van der Waals surface area contributed by atoms with Crippen molar-refractivity contribution in [2.75, 3.05) is 0 Å². The lowest BCUT2D eigenvalue weighted by Crippen LogP contribution is -2.51. The normalized spacial score (nSPS) is 42.6. The van der Waals surface area contributed by atoms with E-state index in [1.54, 1.807) is 17.5 Å². The molecule has 1 unspecified atom stereocenters. The number of rotatable bonds is 2. The van der Waals surface area contributed by atoms with Gasteiger partial charge in [-0.1, -0.05) is 49.8 Å². The number of aliphatic hydroxyl groups is 1. The van der Waals surface area contributed by atoms with Gasteiger partial charge in [0.1, 0.15) is 0 Å². The van der Waals surface area contributed by atoms with Gasteiger partial charge < -0.3 is 5.11 Å². The van der Waals surface area contributed by atoms with Crippen molar-refractivity contribution in [3.05, 3.63) is 47.0 Å². The fraction of sp³-hybridized carbons (Fsp3) is 0.677. The van der Waals surface area contributed by atoms with Gasteiger partial charge in [0.2, 0.25) is 5.91 Å². The summed E-state index contributed by atoms with van der Waals surface area (Å²) in [4.78, 5) is 12.6. The summed E-state index contributed by atoms with van der Waals surface area (Å²) in [6.07, 6.45) is 12.5. The topological polar surface area (TPSA) is 52.9 Å². The third-order valence-corrected chi connectivity index (χ3v) is 11.3. The second kappa shape index (κ2) is 8.30. The Balaban J connectivity index is 1.28. The van der Waals surface area contributed by atoms with Crippen LogP contribution in [0, 0.1) is 41.4 Å². The average molecular weight is 475 g/mol. The van der Waals surface area contributed by atoms with E-state index in [2.05, 4.69) is 51.1 Å². The van der Waals surface area contributed by atoms with Crippen molar-refractivity contribution in [1.29, 1.82) is 0 Å². The first-order valence-corrected chi connectivity index (χ1v) is 14.0. The molecule has 3 fully saturated rings. The maximum atomic E-state index is 12.6. The Bertz CT molecular complexity index is 1090. The molecule has 0 bridgehead atoms. The minimum Gasteiger partial charge on any atom is -0.393 e. The lowest BCUT2D eigenvalue weighted by molar-refractivity contribution is -0.130. The van der Waals surface area contributed by atoms with Gasteiger partial charge >= 0.3 is 0 Å². The van der Waals surface area contributed by atoms with E-state index < -0.39 is 0 Å². The minimum atomic E-state index is -0.138. The molecule has 0 saturated heterocycles. The van der Waals surface area contributed by atoms with Gasteiger partial charge in [-0.05, 0) is 98.0 Å². The van der Waals surface area contributed by atoms with Gasteiger partial charge in [0, 0.05) is 25.0 Å². The first kappa shape index (κ1) is 23.5. The number of carbonyl (C=O) groups is 1. The number of hydrogen-bond acceptors (Lipinski definition) is 3. The molecular formula is C31H42N2O2. The summed E-state index contributed by atoms with van der Waals surface area (Å²) in [6.45, 7) is 8.88. The molecule has 1 aliphatic heterocycles. The zero-order chi connectivity index (χ0) is 24.5. The van der Waals surface area contributed by atoms with E-state index in [1.807, 2.05) is 0 Å². The first-order valence-electron chi connectivity index (χ1n) is 14.0. The molecule has 188 valence electrons. The van der Waals surface area contributed by atoms with Crippen LogP contribution in [0.15, 0.2) is 41.0 Å². The van der Waals surface area contributed by atoms with Crippen molar-refractivity contribution < 1.29 is 9.90 Å². The molecule has 1 aromatic rings. The first-order chi connectivity index (χ1) is 16.7. The maximum absolute atomic E-state index is 12.6. The van der Waals surface area contributed by atoms with E-state index in [4.69, 9.17) is 5.10 Å². The number of benzene rings is 1. The van der Waals surface area contributed by atoms with E-state index in [0.717, 1.165) is 43.4 Å². The van der Waals surface area contributed by atoms with Crippen molar-refractivity contribution in [1.82, 2.24) is 5.01 Å². The number of allylic oxidation sites excluding steroid dienone is 1. The molecule has 1 N–H and O–H groups in total. The lowest BCUT2D eigenvalue weighted by atomic mass is 9.47. The van der Waals surface area contributed by atoms with Gasteiger partial charge in [0.15, 0.2) is 0 Å². The largest absolute Gasteiger partial charge is 0.393 e. The number of amides is 1. The molecule has 4 aliphatic carbocycles. The summed E-state index contributed by atoms with van der Waals surface area (Å²) < 4.78 is 0. The molecule has 1 heterocycles. The van der Waals surface area contributed by atoms with Gasteiger partial charge in [-0.3, -0.25) is 4.79 Å². The predicted octanol–water partition coefficient (Wildman–Crippen LogP) is 6.58. The molecule has 35 heavy (non-hydrogen) atoms. The predicted molar refractivity (Wildman–Crippen MR) is 140 cm³/mol. The molecule has 6 rings (SSSR count). The fourth-order valence-electron chi connectivity index (χ4n) is 9.43. The SMILES string of the molecule is CC(=O)N1N=C([C@H]2CC[C@H]3[C@@H]4CC=C5C[C@@H](O)CC[C@]5(C)[C@H]4CC[C@]23C)CC1c1ccccc1C. The Morgan fingerprint density at radius 3 is 2.63 bits per heavy atom. The highest BCUT2D eigenvalue weighted by Gasteiger charge is 2.59. The van der Waals surface area contributed by atoms with Crippen LogP contribution in [0.3, 0.4) is 0 Å². The molecule has 8 atom stereocenters. The van der Waals surface area contributed by atoms with Gasteiger partial charge in [0.05, 0.1) is 12.1 Å². The van der Waals surface area contributed by atoms with Crippen LogP contribution in [0.4, 0.5) is 0 Å². The Morgan fingerprint density at radius 1 is 1.06 bits per heavy atom. The van der Waals surface area contributed by atoms with Crippen molar-refractivity contribution in [2.24, 2.45) is 39.6 Å². The number of aliphatic hydroxyl groups excluding tert-OH is 1. The molecule has 0 radical (unpaired) electrons. The summed E-state index contributed by atoms with van der Waals surface area (Å²) in [5.41, 5.74) is 5.87. The molecule has 0 spiro atoms. The van der Waals surface area contributed by atoms with E-state index in [0.29, 0.717) is 5.92 Å². The highest BCUT2D eigenvalue weighted by atomic mass is 16.3. The summed E-state index contributed by atoms with van der Waals surface area (Å²) >= 11 is 0. The molecule has 1 aromatic carbocycles. The quantitative estimate of drug-likeness (QED) is 0.492. The van der Waals surface area contributed by atoms with Crippen LogP contribution in [0.2, 0.25) is 0 Å². The van der Waals surface area contributed by atoms with Crippen LogP contribution in [0.1, 0.15) is 95.7 Å². The summed E-state index contributed by atoms with van der Waals surface area (Å²) in [5.74, 6) is 2.77. The Morgan fingerprint density at radius 2 is 1.86 bits per heavy atom. The van der Waals surface area contributed by atoms with Crippen molar-refractivity contribution in [3.8, 4) is 0 Å². The van der Waals surface area contributed by atoms with Crippen LogP contribution in [-0.2, 0) is 4.79 Å². The third kappa shape index (κ3) is 3.49. The highest BCUT2D eigenvalue weighted by molar-refractivity contribution is 5.92. The smallest absolute Gasteiger partial charge is 0.240 e. The van der Waals surface area contributed by atoms with Gasteiger partial charge in [-0.2, -0.15) is 5.10 Å². The fourth-order valence-corrected chi connectivity index (χ4v) is 9.43. The third-order valence-electron chi connectivity index (χ3n) is 11.3. The molecule has 4 heteroatoms. The van der Waals surface area contributed by atoms with E-state index in [9.17, 15) is 9.90 Å². The van der Waals surface area contributed by atoms with Gasteiger partial charge in [0.25, 0.3) is 0 Å². The lowest BCUT2D eigenvalue weighted by Gasteiger charge is -2.58. The number of carbonyl (C=O) groups excluding carboxylic acids is 1. The van der Waals surface area contributed by atoms with Crippen molar-refractivity contribution in [3.63, 3.8) is 0 Å². The highest BCUT2D eigenvalue weighted by Crippen LogP contribution is 2.66. The number of hydrogen-bond donors (Lipinski definition) is 1. The number of aryl methyl sites for hydroxylation is 1. The van der Waals surface area contributed by atoms with Crippen LogP contribution in [0.25, 0.3) is 0 Å². The summed E-state index contributed by atoms with van der Waals surface area (Å²) in [6, 6.07) is 8.52. The Kier molecular flexibility index (Phi) is 5.56. The standard InChI is InChI=1S/C31H42N2O2/c1-19-7-5-6-8-23(19)29-18-28(32-33(29)20(2)34)27-12-11-25-24-10-9-21-17-22(35)13-15-30(21,3)26(24)14-16-31(25,27)4/h5-9,22,24-27,29,35H,10-18H2,1-4H3/t22-,24-,25-,26-,27+,29?,30-,31-/m0/s1. The van der Waals surface area contributed by atoms with E-state index in [1.165, 1.54) is 48.9 Å². The number of hydrazone groups is 1. The number of nitrogens with zero attached hydrogens (tertiary/aromatic N) is 2.